The number of thioether (sulfide) groups is 1. The molecule has 0 atom stereocenters. The summed E-state index contributed by atoms with van der Waals surface area (Å²) in [6, 6.07) is 14.1. The molecule has 0 spiro atoms. The number of urea groups is 1. The maximum atomic E-state index is 12.9. The van der Waals surface area contributed by atoms with Gasteiger partial charge in [0, 0.05) is 22.5 Å². The quantitative estimate of drug-likeness (QED) is 0.425. The van der Waals surface area contributed by atoms with Crippen molar-refractivity contribution in [1.29, 1.82) is 0 Å². The van der Waals surface area contributed by atoms with Gasteiger partial charge in [-0.3, -0.25) is 9.78 Å². The zero-order chi connectivity index (χ0) is 21.5. The van der Waals surface area contributed by atoms with Gasteiger partial charge >= 0.3 is 11.5 Å². The van der Waals surface area contributed by atoms with Gasteiger partial charge in [0.1, 0.15) is 6.54 Å². The third-order valence-electron chi connectivity index (χ3n) is 4.66. The number of hydrogen-bond donors (Lipinski definition) is 0. The average molecular weight is 431 g/mol. The van der Waals surface area contributed by atoms with E-state index in [0.29, 0.717) is 0 Å². The topological polar surface area (TPSA) is 53.5 Å². The van der Waals surface area contributed by atoms with Crippen LogP contribution in [0.15, 0.2) is 59.5 Å². The molecule has 3 amide bonds. The predicted molar refractivity (Wildman–Crippen MR) is 108 cm³/mol. The lowest BCUT2D eigenvalue weighted by Crippen LogP contribution is -2.32. The number of hydrogen-bond acceptors (Lipinski definition) is 4. The molecule has 2 aromatic carbocycles. The number of amides is 3. The minimum Gasteiger partial charge on any atom is -0.310 e. The van der Waals surface area contributed by atoms with Gasteiger partial charge in [-0.1, -0.05) is 18.2 Å². The zero-order valence-electron chi connectivity index (χ0n) is 15.8. The van der Waals surface area contributed by atoms with Crippen LogP contribution in [0.4, 0.5) is 23.7 Å². The first-order valence-electron chi connectivity index (χ1n) is 9.04. The molecule has 0 aliphatic carbocycles. The molecular weight excluding hydrogens is 415 g/mol. The third-order valence-corrected chi connectivity index (χ3v) is 5.40. The summed E-state index contributed by atoms with van der Waals surface area (Å²) in [6.45, 7) is 1.99. The molecule has 0 radical (unpaired) electrons. The first-order chi connectivity index (χ1) is 14.2. The van der Waals surface area contributed by atoms with E-state index in [1.165, 1.54) is 29.2 Å². The van der Waals surface area contributed by atoms with Crippen molar-refractivity contribution in [3.63, 3.8) is 0 Å². The second kappa shape index (κ2) is 7.64. The monoisotopic (exact) mass is 431 g/mol. The number of carbonyl (C=O) groups excluding carboxylic acids is 2. The first kappa shape index (κ1) is 20.2. The molecule has 1 aliphatic heterocycles. The molecule has 5 nitrogen and oxygen atoms in total. The van der Waals surface area contributed by atoms with E-state index in [4.69, 9.17) is 0 Å². The summed E-state index contributed by atoms with van der Waals surface area (Å²) in [5.41, 5.74) is -1.67. The SMILES string of the molecule is Cc1cc(CN2CC(=O)N(c3ccc(SC(F)(F)F)cc3)C2=O)c2ccccc2n1. The van der Waals surface area contributed by atoms with Gasteiger partial charge < -0.3 is 4.90 Å². The van der Waals surface area contributed by atoms with E-state index in [1.54, 1.807) is 0 Å². The summed E-state index contributed by atoms with van der Waals surface area (Å²) in [6.07, 6.45) is 0. The number of aryl methyl sites for hydroxylation is 1. The molecule has 9 heteroatoms. The molecule has 1 aromatic heterocycles. The number of rotatable bonds is 4. The highest BCUT2D eigenvalue weighted by atomic mass is 32.2. The van der Waals surface area contributed by atoms with Gasteiger partial charge in [-0.05, 0) is 60.6 Å². The summed E-state index contributed by atoms with van der Waals surface area (Å²) in [5, 5.41) is 0.898. The van der Waals surface area contributed by atoms with Gasteiger partial charge in [0.15, 0.2) is 0 Å². The van der Waals surface area contributed by atoms with Crippen molar-refractivity contribution in [1.82, 2.24) is 9.88 Å². The van der Waals surface area contributed by atoms with Crippen LogP contribution >= 0.6 is 11.8 Å². The lowest BCUT2D eigenvalue weighted by molar-refractivity contribution is -0.116. The molecular formula is C21H16F3N3O2S. The van der Waals surface area contributed by atoms with Gasteiger partial charge in [0.25, 0.3) is 5.91 Å². The molecule has 3 aromatic rings. The Morgan fingerprint density at radius 2 is 1.77 bits per heavy atom. The summed E-state index contributed by atoms with van der Waals surface area (Å²) in [4.78, 5) is 32.3. The Bertz CT molecular complexity index is 1130. The van der Waals surface area contributed by atoms with Crippen LogP contribution in [0.25, 0.3) is 10.9 Å². The van der Waals surface area contributed by atoms with Crippen molar-refractivity contribution in [3.8, 4) is 0 Å². The average Bonchev–Trinajstić information content (AvgIpc) is 2.94. The van der Waals surface area contributed by atoms with Gasteiger partial charge in [-0.25, -0.2) is 9.69 Å². The standard InChI is InChI=1S/C21H16F3N3O2S/c1-13-10-14(17-4-2-3-5-18(17)25-13)11-26-12-19(28)27(20(26)29)15-6-8-16(9-7-15)30-21(22,23)24/h2-10H,11-12H2,1H3. The zero-order valence-corrected chi connectivity index (χ0v) is 16.6. The highest BCUT2D eigenvalue weighted by Crippen LogP contribution is 2.37. The van der Waals surface area contributed by atoms with E-state index < -0.39 is 17.4 Å². The van der Waals surface area contributed by atoms with E-state index >= 15 is 0 Å². The molecule has 1 fully saturated rings. The lowest BCUT2D eigenvalue weighted by atomic mass is 10.1. The van der Waals surface area contributed by atoms with E-state index in [2.05, 4.69) is 4.98 Å². The Balaban J connectivity index is 1.57. The molecule has 4 rings (SSSR count). The fourth-order valence-electron chi connectivity index (χ4n) is 3.46. The number of carbonyl (C=O) groups is 2. The number of aromatic nitrogens is 1. The van der Waals surface area contributed by atoms with Crippen LogP contribution in [0.3, 0.4) is 0 Å². The predicted octanol–water partition coefficient (Wildman–Crippen LogP) is 5.12. The molecule has 0 N–H and O–H groups in total. The number of nitrogens with zero attached hydrogens (tertiary/aromatic N) is 3. The minimum atomic E-state index is -4.40. The number of halogens is 3. The Morgan fingerprint density at radius 1 is 1.07 bits per heavy atom. The molecule has 0 bridgehead atoms. The van der Waals surface area contributed by atoms with Crippen molar-refractivity contribution in [2.24, 2.45) is 0 Å². The Morgan fingerprint density at radius 3 is 2.47 bits per heavy atom. The Labute approximate surface area is 174 Å². The summed E-state index contributed by atoms with van der Waals surface area (Å²) >= 11 is -0.246. The fourth-order valence-corrected chi connectivity index (χ4v) is 4.00. The van der Waals surface area contributed by atoms with Crippen LogP contribution in [-0.2, 0) is 11.3 Å². The summed E-state index contributed by atoms with van der Waals surface area (Å²) < 4.78 is 37.5. The second-order valence-electron chi connectivity index (χ2n) is 6.85. The van der Waals surface area contributed by atoms with Crippen LogP contribution in [0.2, 0.25) is 0 Å². The van der Waals surface area contributed by atoms with Crippen LogP contribution in [0.5, 0.6) is 0 Å². The maximum absolute atomic E-state index is 12.9. The number of fused-ring (bicyclic) bond motifs is 1. The van der Waals surface area contributed by atoms with Crippen LogP contribution < -0.4 is 4.90 Å². The summed E-state index contributed by atoms with van der Waals surface area (Å²) in [5.74, 6) is -0.425. The molecule has 154 valence electrons. The first-order valence-corrected chi connectivity index (χ1v) is 9.86. The number of pyridine rings is 1. The molecule has 1 aliphatic rings. The number of imide groups is 1. The molecule has 30 heavy (non-hydrogen) atoms. The van der Waals surface area contributed by atoms with Crippen LogP contribution in [0, 0.1) is 6.92 Å². The van der Waals surface area contributed by atoms with Gasteiger partial charge in [-0.2, -0.15) is 13.2 Å². The summed E-state index contributed by atoms with van der Waals surface area (Å²) in [7, 11) is 0. The Kier molecular flexibility index (Phi) is 5.15. The van der Waals surface area contributed by atoms with E-state index in [0.717, 1.165) is 27.1 Å². The highest BCUT2D eigenvalue weighted by molar-refractivity contribution is 8.00. The molecule has 0 saturated carbocycles. The number of benzene rings is 2. The molecule has 1 saturated heterocycles. The Hall–Kier alpha value is -3.07. The minimum absolute atomic E-state index is 0.0130. The van der Waals surface area contributed by atoms with Crippen molar-refractivity contribution in [3.05, 3.63) is 65.9 Å². The van der Waals surface area contributed by atoms with Crippen molar-refractivity contribution in [2.75, 3.05) is 11.4 Å². The molecule has 0 unspecified atom stereocenters. The van der Waals surface area contributed by atoms with Crippen molar-refractivity contribution in [2.45, 2.75) is 23.9 Å². The van der Waals surface area contributed by atoms with E-state index in [1.807, 2.05) is 37.3 Å². The highest BCUT2D eigenvalue weighted by Gasteiger charge is 2.37. The lowest BCUT2D eigenvalue weighted by Gasteiger charge is -2.18. The van der Waals surface area contributed by atoms with E-state index in [9.17, 15) is 22.8 Å². The number of alkyl halides is 3. The van der Waals surface area contributed by atoms with Gasteiger partial charge in [0.2, 0.25) is 0 Å². The van der Waals surface area contributed by atoms with Crippen LogP contribution in [-0.4, -0.2) is 33.9 Å². The molecule has 2 heterocycles. The largest absolute Gasteiger partial charge is 0.446 e. The van der Waals surface area contributed by atoms with Gasteiger partial charge in [-0.15, -0.1) is 0 Å². The fraction of sp³-hybridized carbons (Fsp3) is 0.190. The van der Waals surface area contributed by atoms with Crippen molar-refractivity contribution >= 4 is 40.3 Å². The van der Waals surface area contributed by atoms with E-state index in [-0.39, 0.29) is 35.4 Å². The number of para-hydroxylation sites is 1. The normalized spacial score (nSPS) is 14.8. The second-order valence-corrected chi connectivity index (χ2v) is 7.99. The smallest absolute Gasteiger partial charge is 0.310 e. The van der Waals surface area contributed by atoms with Gasteiger partial charge in [0.05, 0.1) is 11.2 Å². The third kappa shape index (κ3) is 4.11. The number of anilines is 1. The van der Waals surface area contributed by atoms with Crippen molar-refractivity contribution < 1.29 is 22.8 Å². The maximum Gasteiger partial charge on any atom is 0.446 e. The van der Waals surface area contributed by atoms with Crippen LogP contribution in [0.1, 0.15) is 11.3 Å².